The molecule has 0 bridgehead atoms. The Hall–Kier alpha value is -3.81. The second-order valence-corrected chi connectivity index (χ2v) is 5.86. The van der Waals surface area contributed by atoms with Crippen LogP contribution < -0.4 is 5.32 Å². The maximum Gasteiger partial charge on any atom is 0.376 e. The number of pyridine rings is 1. The Kier molecular flexibility index (Phi) is 5.91. The Bertz CT molecular complexity index is 970. The van der Waals surface area contributed by atoms with Gasteiger partial charge in [-0.05, 0) is 17.7 Å². The van der Waals surface area contributed by atoms with Crippen molar-refractivity contribution in [2.75, 3.05) is 7.11 Å². The summed E-state index contributed by atoms with van der Waals surface area (Å²) in [5.41, 5.74) is 1.30. The molecule has 0 aliphatic rings. The normalized spacial score (nSPS) is 11.5. The molecule has 3 aromatic rings. The molecule has 1 atom stereocenters. The summed E-state index contributed by atoms with van der Waals surface area (Å²) in [6.45, 7) is 0. The highest BCUT2D eigenvalue weighted by Crippen LogP contribution is 2.21. The van der Waals surface area contributed by atoms with Gasteiger partial charge in [-0.15, -0.1) is 0 Å². The zero-order chi connectivity index (χ0) is 19.9. The lowest BCUT2D eigenvalue weighted by atomic mass is 10.0. The first kappa shape index (κ1) is 19.0. The summed E-state index contributed by atoms with van der Waals surface area (Å²) in [6.07, 6.45) is 2.92. The fraction of sp³-hybridized carbons (Fsp3) is 0.150. The van der Waals surface area contributed by atoms with Gasteiger partial charge in [-0.2, -0.15) is 0 Å². The number of hydrogen-bond acceptors (Lipinski definition) is 7. The maximum atomic E-state index is 12.8. The second-order valence-electron chi connectivity index (χ2n) is 5.86. The number of rotatable bonds is 7. The molecule has 0 spiro atoms. The van der Waals surface area contributed by atoms with Gasteiger partial charge < -0.3 is 14.6 Å². The van der Waals surface area contributed by atoms with Crippen molar-refractivity contribution in [2.45, 2.75) is 12.5 Å². The number of hydrogen-bond donors (Lipinski definition) is 1. The van der Waals surface area contributed by atoms with E-state index in [9.17, 15) is 14.4 Å². The van der Waals surface area contributed by atoms with Gasteiger partial charge in [0.25, 0.3) is 11.7 Å². The molecule has 0 fully saturated rings. The molecular formula is C20H17N3O5. The minimum absolute atomic E-state index is 0.106. The number of Topliss-reactive ketones (excluding diaryl/α,β-unsaturated/α-hetero) is 1. The molecule has 142 valence electrons. The van der Waals surface area contributed by atoms with Crippen LogP contribution in [-0.2, 0) is 20.7 Å². The monoisotopic (exact) mass is 379 g/mol. The molecule has 8 nitrogen and oxygen atoms in total. The van der Waals surface area contributed by atoms with Crippen molar-refractivity contribution in [2.24, 2.45) is 0 Å². The summed E-state index contributed by atoms with van der Waals surface area (Å²) in [5, 5.41) is 6.23. The predicted octanol–water partition coefficient (Wildman–Crippen LogP) is 1.82. The Labute approximate surface area is 160 Å². The molecule has 0 saturated carbocycles. The van der Waals surface area contributed by atoms with Crippen LogP contribution in [0.2, 0.25) is 0 Å². The zero-order valence-electron chi connectivity index (χ0n) is 15.0. The van der Waals surface area contributed by atoms with Crippen molar-refractivity contribution in [3.8, 4) is 11.5 Å². The van der Waals surface area contributed by atoms with Crippen molar-refractivity contribution in [1.82, 2.24) is 15.5 Å². The highest BCUT2D eigenvalue weighted by Gasteiger charge is 2.30. The molecule has 0 aliphatic carbocycles. The third-order valence-corrected chi connectivity index (χ3v) is 4.00. The van der Waals surface area contributed by atoms with Gasteiger partial charge >= 0.3 is 5.97 Å². The minimum Gasteiger partial charge on any atom is -0.463 e. The Morgan fingerprint density at radius 3 is 2.54 bits per heavy atom. The summed E-state index contributed by atoms with van der Waals surface area (Å²) >= 11 is 0. The smallest absolute Gasteiger partial charge is 0.376 e. The van der Waals surface area contributed by atoms with Gasteiger partial charge in [0.1, 0.15) is 17.3 Å². The van der Waals surface area contributed by atoms with Crippen molar-refractivity contribution in [3.05, 3.63) is 72.1 Å². The lowest BCUT2D eigenvalue weighted by Crippen LogP contribution is -2.45. The lowest BCUT2D eigenvalue weighted by molar-refractivity contribution is -0.152. The number of esters is 1. The van der Waals surface area contributed by atoms with Gasteiger partial charge in [-0.3, -0.25) is 14.6 Å². The largest absolute Gasteiger partial charge is 0.463 e. The minimum atomic E-state index is -1.10. The molecule has 0 saturated heterocycles. The molecule has 0 radical (unpaired) electrons. The molecular weight excluding hydrogens is 362 g/mol. The van der Waals surface area contributed by atoms with Crippen LogP contribution in [-0.4, -0.2) is 41.0 Å². The molecule has 3 rings (SSSR count). The van der Waals surface area contributed by atoms with Gasteiger partial charge in [-0.25, -0.2) is 4.79 Å². The number of benzene rings is 1. The summed E-state index contributed by atoms with van der Waals surface area (Å²) in [7, 11) is 1.11. The third kappa shape index (κ3) is 4.29. The predicted molar refractivity (Wildman–Crippen MR) is 98.2 cm³/mol. The average molecular weight is 379 g/mol. The number of carbonyl (C=O) groups is 3. The fourth-order valence-corrected chi connectivity index (χ4v) is 2.62. The van der Waals surface area contributed by atoms with Gasteiger partial charge in [0.15, 0.2) is 5.76 Å². The first-order valence-electron chi connectivity index (χ1n) is 8.43. The molecule has 1 aromatic carbocycles. The summed E-state index contributed by atoms with van der Waals surface area (Å²) in [4.78, 5) is 41.0. The molecule has 8 heteroatoms. The summed E-state index contributed by atoms with van der Waals surface area (Å²) in [6, 6.07) is 13.1. The quantitative estimate of drug-likeness (QED) is 0.492. The van der Waals surface area contributed by atoms with Crippen LogP contribution in [0.5, 0.6) is 0 Å². The molecule has 2 heterocycles. The van der Waals surface area contributed by atoms with E-state index < -0.39 is 23.7 Å². The third-order valence-electron chi connectivity index (χ3n) is 4.00. The second kappa shape index (κ2) is 8.72. The number of nitrogens with zero attached hydrogens (tertiary/aromatic N) is 2. The number of carbonyl (C=O) groups excluding carboxylic acids is 3. The molecule has 1 N–H and O–H groups in total. The average Bonchev–Trinajstić information content (AvgIpc) is 3.23. The topological polar surface area (TPSA) is 111 Å². The number of ether oxygens (including phenoxy) is 1. The van der Waals surface area contributed by atoms with Crippen molar-refractivity contribution >= 4 is 17.7 Å². The highest BCUT2D eigenvalue weighted by atomic mass is 16.5. The molecule has 1 unspecified atom stereocenters. The Balaban J connectivity index is 1.85. The molecule has 2 aromatic heterocycles. The van der Waals surface area contributed by atoms with Crippen LogP contribution in [0, 0.1) is 0 Å². The van der Waals surface area contributed by atoms with Gasteiger partial charge in [0, 0.05) is 12.6 Å². The van der Waals surface area contributed by atoms with E-state index in [1.165, 1.54) is 6.20 Å². The molecule has 1 amide bonds. The van der Waals surface area contributed by atoms with E-state index in [1.54, 1.807) is 48.7 Å². The van der Waals surface area contributed by atoms with Crippen LogP contribution >= 0.6 is 0 Å². The van der Waals surface area contributed by atoms with E-state index in [0.29, 0.717) is 5.69 Å². The molecule has 28 heavy (non-hydrogen) atoms. The first-order chi connectivity index (χ1) is 13.6. The van der Waals surface area contributed by atoms with Gasteiger partial charge in [0.2, 0.25) is 0 Å². The SMILES string of the molecule is COC(=O)C(=O)C(Cc1ccccc1)NC(=O)c1cnoc1-c1ccccn1. The van der Waals surface area contributed by atoms with E-state index >= 15 is 0 Å². The fourth-order valence-electron chi connectivity index (χ4n) is 2.62. The van der Waals surface area contributed by atoms with Crippen LogP contribution in [0.3, 0.4) is 0 Å². The maximum absolute atomic E-state index is 12.8. The first-order valence-corrected chi connectivity index (χ1v) is 8.43. The van der Waals surface area contributed by atoms with Gasteiger partial charge in [0.05, 0.1) is 13.3 Å². The van der Waals surface area contributed by atoms with E-state index in [1.807, 2.05) is 6.07 Å². The van der Waals surface area contributed by atoms with Crippen molar-refractivity contribution in [1.29, 1.82) is 0 Å². The van der Waals surface area contributed by atoms with E-state index in [0.717, 1.165) is 12.7 Å². The van der Waals surface area contributed by atoms with Crippen molar-refractivity contribution in [3.63, 3.8) is 0 Å². The van der Waals surface area contributed by atoms with Crippen LogP contribution in [0.1, 0.15) is 15.9 Å². The standard InChI is InChI=1S/C20H17N3O5/c1-27-20(26)17(24)16(11-13-7-3-2-4-8-13)23-19(25)14-12-22-28-18(14)15-9-5-6-10-21-15/h2-10,12,16H,11H2,1H3,(H,23,25). The highest BCUT2D eigenvalue weighted by molar-refractivity contribution is 6.36. The zero-order valence-corrected chi connectivity index (χ0v) is 15.0. The lowest BCUT2D eigenvalue weighted by Gasteiger charge is -2.16. The van der Waals surface area contributed by atoms with E-state index in [4.69, 9.17) is 4.52 Å². The van der Waals surface area contributed by atoms with E-state index in [-0.39, 0.29) is 17.7 Å². The molecule has 0 aliphatic heterocycles. The summed E-state index contributed by atoms with van der Waals surface area (Å²) in [5.74, 6) is -2.32. The van der Waals surface area contributed by atoms with Crippen molar-refractivity contribution < 1.29 is 23.6 Å². The van der Waals surface area contributed by atoms with Crippen LogP contribution in [0.4, 0.5) is 0 Å². The van der Waals surface area contributed by atoms with E-state index in [2.05, 4.69) is 20.2 Å². The Morgan fingerprint density at radius 2 is 1.86 bits per heavy atom. The van der Waals surface area contributed by atoms with Crippen LogP contribution in [0.15, 0.2) is 65.4 Å². The number of methoxy groups -OCH3 is 1. The Morgan fingerprint density at radius 1 is 1.11 bits per heavy atom. The number of nitrogens with one attached hydrogen (secondary N) is 1. The van der Waals surface area contributed by atoms with Crippen LogP contribution in [0.25, 0.3) is 11.5 Å². The number of ketones is 1. The number of aromatic nitrogens is 2. The van der Waals surface area contributed by atoms with Gasteiger partial charge in [-0.1, -0.05) is 41.6 Å². The number of amides is 1. The summed E-state index contributed by atoms with van der Waals surface area (Å²) < 4.78 is 9.67.